The van der Waals surface area contributed by atoms with Gasteiger partial charge in [0, 0.05) is 18.0 Å². The van der Waals surface area contributed by atoms with E-state index in [4.69, 9.17) is 0 Å². The number of carbonyl (C=O) groups excluding carboxylic acids is 1. The Morgan fingerprint density at radius 1 is 1.33 bits per heavy atom. The van der Waals surface area contributed by atoms with Gasteiger partial charge in [0.05, 0.1) is 5.69 Å². The van der Waals surface area contributed by atoms with Gasteiger partial charge in [-0.25, -0.2) is 0 Å². The van der Waals surface area contributed by atoms with E-state index in [1.54, 1.807) is 11.6 Å². The zero-order valence-electron chi connectivity index (χ0n) is 17.2. The molecule has 30 heavy (non-hydrogen) atoms. The van der Waals surface area contributed by atoms with Gasteiger partial charge in [0.15, 0.2) is 5.71 Å². The average molecular weight is 449 g/mol. The smallest absolute Gasteiger partial charge is 0.410 e. The second-order valence-electron chi connectivity index (χ2n) is 7.81. The van der Waals surface area contributed by atoms with Crippen LogP contribution in [0.4, 0.5) is 18.9 Å². The van der Waals surface area contributed by atoms with Crippen molar-refractivity contribution >= 4 is 27.3 Å². The Hall–Kier alpha value is -2.30. The Balaban J connectivity index is 2.40. The fourth-order valence-electron chi connectivity index (χ4n) is 4.03. The summed E-state index contributed by atoms with van der Waals surface area (Å²) in [6.07, 6.45) is 1.08. The second kappa shape index (κ2) is 8.44. The minimum absolute atomic E-state index is 0.00598. The number of amides is 1. The van der Waals surface area contributed by atoms with Crippen molar-refractivity contribution in [3.05, 3.63) is 29.8 Å². The molecule has 11 heteroatoms. The summed E-state index contributed by atoms with van der Waals surface area (Å²) in [7, 11) is -5.61. The highest BCUT2D eigenvalue weighted by atomic mass is 32.2. The SMILES string of the molecule is CC[C@]1(C(C)C)CC(C)N(Cc2ccccc2NS(=O)(=O)C(F)(F)F)C(=O)/C1=N\O. The molecule has 1 aliphatic rings. The number of hydrogen-bond acceptors (Lipinski definition) is 5. The fourth-order valence-corrected chi connectivity index (χ4v) is 4.63. The van der Waals surface area contributed by atoms with Gasteiger partial charge in [0.1, 0.15) is 0 Å². The molecular formula is C19H26F3N3O4S. The molecule has 0 aromatic heterocycles. The molecule has 0 spiro atoms. The van der Waals surface area contributed by atoms with E-state index in [9.17, 15) is 31.6 Å². The quantitative estimate of drug-likeness (QED) is 0.507. The molecule has 2 rings (SSSR count). The zero-order valence-corrected chi connectivity index (χ0v) is 18.0. The number of carbonyl (C=O) groups is 1. The summed E-state index contributed by atoms with van der Waals surface area (Å²) in [6.45, 7) is 7.44. The number of piperidine rings is 1. The number of nitrogens with one attached hydrogen (secondary N) is 1. The highest BCUT2D eigenvalue weighted by Crippen LogP contribution is 2.43. The van der Waals surface area contributed by atoms with Crippen LogP contribution in [0, 0.1) is 11.3 Å². The minimum Gasteiger partial charge on any atom is -0.410 e. The molecule has 0 saturated carbocycles. The molecule has 1 saturated heterocycles. The third kappa shape index (κ3) is 4.26. The van der Waals surface area contributed by atoms with Gasteiger partial charge in [-0.3, -0.25) is 9.52 Å². The number of alkyl halides is 3. The number of oxime groups is 1. The Morgan fingerprint density at radius 3 is 2.43 bits per heavy atom. The number of sulfonamides is 1. The van der Waals surface area contributed by atoms with Gasteiger partial charge in [0.2, 0.25) is 0 Å². The van der Waals surface area contributed by atoms with Crippen LogP contribution in [0.3, 0.4) is 0 Å². The highest BCUT2D eigenvalue weighted by Gasteiger charge is 2.50. The van der Waals surface area contributed by atoms with E-state index < -0.39 is 26.9 Å². The number of likely N-dealkylation sites (tertiary alicyclic amines) is 1. The first-order chi connectivity index (χ1) is 13.8. The number of benzene rings is 1. The van der Waals surface area contributed by atoms with Crippen LogP contribution in [0.15, 0.2) is 29.4 Å². The number of halogens is 3. The second-order valence-corrected chi connectivity index (χ2v) is 9.48. The molecule has 2 N–H and O–H groups in total. The predicted molar refractivity (Wildman–Crippen MR) is 106 cm³/mol. The molecule has 1 fully saturated rings. The lowest BCUT2D eigenvalue weighted by atomic mass is 9.65. The molecule has 2 atom stereocenters. The van der Waals surface area contributed by atoms with Crippen molar-refractivity contribution in [1.82, 2.24) is 4.90 Å². The Kier molecular flexibility index (Phi) is 6.75. The number of para-hydroxylation sites is 1. The lowest BCUT2D eigenvalue weighted by Crippen LogP contribution is -2.57. The number of anilines is 1. The van der Waals surface area contributed by atoms with Crippen molar-refractivity contribution in [3.8, 4) is 0 Å². The lowest BCUT2D eigenvalue weighted by Gasteiger charge is -2.47. The summed E-state index contributed by atoms with van der Waals surface area (Å²) < 4.78 is 62.9. The van der Waals surface area contributed by atoms with Crippen molar-refractivity contribution in [2.24, 2.45) is 16.5 Å². The molecule has 1 unspecified atom stereocenters. The van der Waals surface area contributed by atoms with E-state index >= 15 is 0 Å². The van der Waals surface area contributed by atoms with E-state index in [0.717, 1.165) is 0 Å². The van der Waals surface area contributed by atoms with Crippen molar-refractivity contribution < 1.29 is 31.6 Å². The Morgan fingerprint density at radius 2 is 1.93 bits per heavy atom. The molecule has 0 bridgehead atoms. The van der Waals surface area contributed by atoms with Crippen molar-refractivity contribution in [2.75, 3.05) is 4.72 Å². The Labute approximate surface area is 174 Å². The summed E-state index contributed by atoms with van der Waals surface area (Å²) in [6, 6.07) is 5.25. The van der Waals surface area contributed by atoms with Crippen LogP contribution in [0.5, 0.6) is 0 Å². The van der Waals surface area contributed by atoms with Gasteiger partial charge in [0.25, 0.3) is 5.91 Å². The van der Waals surface area contributed by atoms with Crippen molar-refractivity contribution in [3.63, 3.8) is 0 Å². The normalized spacial score (nSPS) is 24.5. The summed E-state index contributed by atoms with van der Waals surface area (Å²) in [5.41, 5.74) is -6.17. The standard InChI is InChI=1S/C19H26F3N3O4S/c1-5-18(12(2)3)10-13(4)25(17(26)16(18)23-27)11-14-8-6-7-9-15(14)24-30(28,29)19(20,21)22/h6-9,12-13,24,27H,5,10-11H2,1-4H3/b23-16+/t13?,18-/m1/s1. The lowest BCUT2D eigenvalue weighted by molar-refractivity contribution is -0.130. The van der Waals surface area contributed by atoms with Crippen LogP contribution >= 0.6 is 0 Å². The predicted octanol–water partition coefficient (Wildman–Crippen LogP) is 3.95. The van der Waals surface area contributed by atoms with Crippen molar-refractivity contribution in [2.45, 2.75) is 58.6 Å². The van der Waals surface area contributed by atoms with Crippen LogP contribution in [-0.2, 0) is 21.4 Å². The van der Waals surface area contributed by atoms with Gasteiger partial charge in [-0.2, -0.15) is 21.6 Å². The largest absolute Gasteiger partial charge is 0.516 e. The first-order valence-electron chi connectivity index (χ1n) is 9.51. The van der Waals surface area contributed by atoms with Gasteiger partial charge in [-0.1, -0.05) is 44.1 Å². The average Bonchev–Trinajstić information content (AvgIpc) is 2.64. The number of rotatable bonds is 6. The third-order valence-corrected chi connectivity index (χ3v) is 6.97. The molecule has 1 aromatic carbocycles. The maximum Gasteiger partial charge on any atom is 0.516 e. The molecule has 0 aliphatic carbocycles. The van der Waals surface area contributed by atoms with Gasteiger partial charge in [-0.15, -0.1) is 0 Å². The van der Waals surface area contributed by atoms with E-state index in [1.165, 1.54) is 29.2 Å². The summed E-state index contributed by atoms with van der Waals surface area (Å²) in [5, 5.41) is 12.8. The van der Waals surface area contributed by atoms with Gasteiger partial charge in [-0.05, 0) is 37.3 Å². The van der Waals surface area contributed by atoms with Gasteiger partial charge < -0.3 is 10.1 Å². The summed E-state index contributed by atoms with van der Waals surface area (Å²) >= 11 is 0. The van der Waals surface area contributed by atoms with E-state index in [-0.39, 0.29) is 35.5 Å². The fraction of sp³-hybridized carbons (Fsp3) is 0.579. The molecule has 1 amide bonds. The van der Waals surface area contributed by atoms with Crippen LogP contribution < -0.4 is 4.72 Å². The van der Waals surface area contributed by atoms with Crippen LogP contribution in [0.2, 0.25) is 0 Å². The topological polar surface area (TPSA) is 99.1 Å². The van der Waals surface area contributed by atoms with Crippen LogP contribution in [-0.4, -0.2) is 41.7 Å². The third-order valence-electron chi connectivity index (χ3n) is 5.87. The van der Waals surface area contributed by atoms with E-state index in [2.05, 4.69) is 5.16 Å². The molecule has 7 nitrogen and oxygen atoms in total. The summed E-state index contributed by atoms with van der Waals surface area (Å²) in [5.74, 6) is -0.506. The minimum atomic E-state index is -5.61. The monoisotopic (exact) mass is 449 g/mol. The number of nitrogens with zero attached hydrogens (tertiary/aromatic N) is 2. The highest BCUT2D eigenvalue weighted by molar-refractivity contribution is 7.93. The molecule has 1 aliphatic heterocycles. The van der Waals surface area contributed by atoms with E-state index in [1.807, 2.05) is 20.8 Å². The maximum absolute atomic E-state index is 13.1. The van der Waals surface area contributed by atoms with Gasteiger partial charge >= 0.3 is 15.5 Å². The first-order valence-corrected chi connectivity index (χ1v) is 11.0. The zero-order chi connectivity index (χ0) is 22.9. The molecule has 1 aromatic rings. The molecule has 168 valence electrons. The van der Waals surface area contributed by atoms with Crippen LogP contribution in [0.1, 0.15) is 46.1 Å². The Bertz CT molecular complexity index is 931. The van der Waals surface area contributed by atoms with Crippen LogP contribution in [0.25, 0.3) is 0 Å². The molecule has 1 heterocycles. The molecular weight excluding hydrogens is 423 g/mol. The molecule has 0 radical (unpaired) electrons. The van der Waals surface area contributed by atoms with Crippen molar-refractivity contribution in [1.29, 1.82) is 0 Å². The maximum atomic E-state index is 13.1. The summed E-state index contributed by atoms with van der Waals surface area (Å²) in [4.78, 5) is 14.5. The number of hydrogen-bond donors (Lipinski definition) is 2. The first kappa shape index (κ1) is 24.0. The van der Waals surface area contributed by atoms with E-state index in [0.29, 0.717) is 12.8 Å².